The van der Waals surface area contributed by atoms with Gasteiger partial charge in [-0.05, 0) is 18.2 Å². The zero-order valence-electron chi connectivity index (χ0n) is 7.46. The fourth-order valence-corrected chi connectivity index (χ4v) is 1.31. The lowest BCUT2D eigenvalue weighted by atomic mass is 10.3. The van der Waals surface area contributed by atoms with Crippen LogP contribution in [0.15, 0.2) is 28.7 Å². The van der Waals surface area contributed by atoms with E-state index in [4.69, 9.17) is 5.11 Å². The Labute approximate surface area is 90.4 Å². The number of carbonyl (C=O) groups excluding carboxylic acids is 1. The highest BCUT2D eigenvalue weighted by atomic mass is 79.9. The monoisotopic (exact) mass is 258 g/mol. The molecule has 0 aliphatic heterocycles. The van der Waals surface area contributed by atoms with Gasteiger partial charge in [0.25, 0.3) is 0 Å². The van der Waals surface area contributed by atoms with E-state index in [1.165, 1.54) is 0 Å². The number of hydrogen-bond acceptors (Lipinski definition) is 2. The summed E-state index contributed by atoms with van der Waals surface area (Å²) in [5.74, 6) is 0. The molecule has 1 aromatic carbocycles. The van der Waals surface area contributed by atoms with Gasteiger partial charge < -0.3 is 15.7 Å². The van der Waals surface area contributed by atoms with Gasteiger partial charge in [-0.15, -0.1) is 0 Å². The van der Waals surface area contributed by atoms with Gasteiger partial charge in [0.05, 0.1) is 6.61 Å². The fourth-order valence-electron chi connectivity index (χ4n) is 0.911. The molecule has 3 N–H and O–H groups in total. The summed E-state index contributed by atoms with van der Waals surface area (Å²) < 4.78 is 0.900. The standard InChI is InChI=1S/C9H11BrN2O2/c10-7-2-1-3-8(6-7)12-9(14)11-4-5-13/h1-3,6,13H,4-5H2,(H2,11,12,14). The number of nitrogens with one attached hydrogen (secondary N) is 2. The summed E-state index contributed by atoms with van der Waals surface area (Å²) >= 11 is 3.29. The molecule has 5 heteroatoms. The Kier molecular flexibility index (Phi) is 4.42. The Bertz CT molecular complexity index is 317. The maximum Gasteiger partial charge on any atom is 0.319 e. The number of rotatable bonds is 3. The maximum absolute atomic E-state index is 11.1. The molecule has 0 radical (unpaired) electrons. The summed E-state index contributed by atoms with van der Waals surface area (Å²) in [6.07, 6.45) is 0. The zero-order chi connectivity index (χ0) is 10.4. The van der Waals surface area contributed by atoms with E-state index in [0.29, 0.717) is 5.69 Å². The number of benzene rings is 1. The topological polar surface area (TPSA) is 61.4 Å². The number of halogens is 1. The van der Waals surface area contributed by atoms with Crippen molar-refractivity contribution in [1.82, 2.24) is 5.32 Å². The average Bonchev–Trinajstić information content (AvgIpc) is 2.15. The number of anilines is 1. The van der Waals surface area contributed by atoms with Crippen LogP contribution in [0.4, 0.5) is 10.5 Å². The molecule has 0 aromatic heterocycles. The molecule has 0 saturated heterocycles. The Hall–Kier alpha value is -1.07. The van der Waals surface area contributed by atoms with Crippen molar-refractivity contribution in [3.8, 4) is 0 Å². The molecule has 0 atom stereocenters. The first-order valence-electron chi connectivity index (χ1n) is 4.13. The summed E-state index contributed by atoms with van der Waals surface area (Å²) in [6.45, 7) is 0.186. The number of aliphatic hydroxyl groups excluding tert-OH is 1. The van der Waals surface area contributed by atoms with E-state index in [9.17, 15) is 4.79 Å². The minimum Gasteiger partial charge on any atom is -0.395 e. The second kappa shape index (κ2) is 5.62. The molecule has 2 amide bonds. The number of urea groups is 1. The number of aliphatic hydroxyl groups is 1. The molecule has 0 aliphatic carbocycles. The molecule has 4 nitrogen and oxygen atoms in total. The van der Waals surface area contributed by atoms with E-state index in [0.717, 1.165) is 4.47 Å². The molecule has 14 heavy (non-hydrogen) atoms. The molecule has 1 rings (SSSR count). The second-order valence-corrected chi connectivity index (χ2v) is 3.53. The molecule has 0 spiro atoms. The van der Waals surface area contributed by atoms with Crippen LogP contribution in [0.2, 0.25) is 0 Å². The van der Waals surface area contributed by atoms with Crippen LogP contribution >= 0.6 is 15.9 Å². The molecule has 0 aliphatic rings. The molecule has 0 heterocycles. The van der Waals surface area contributed by atoms with Crippen LogP contribution in [0.3, 0.4) is 0 Å². The molecule has 0 saturated carbocycles. The Morgan fingerprint density at radius 1 is 1.50 bits per heavy atom. The number of carbonyl (C=O) groups is 1. The number of amides is 2. The predicted molar refractivity (Wildman–Crippen MR) is 58.2 cm³/mol. The van der Waals surface area contributed by atoms with Gasteiger partial charge in [0.1, 0.15) is 0 Å². The third-order valence-electron chi connectivity index (χ3n) is 1.48. The van der Waals surface area contributed by atoms with E-state index in [1.54, 1.807) is 12.1 Å². The van der Waals surface area contributed by atoms with Crippen molar-refractivity contribution in [2.75, 3.05) is 18.5 Å². The van der Waals surface area contributed by atoms with Gasteiger partial charge in [0.15, 0.2) is 0 Å². The first kappa shape index (κ1) is 11.0. The molecule has 0 unspecified atom stereocenters. The quantitative estimate of drug-likeness (QED) is 0.771. The molecule has 1 aromatic rings. The van der Waals surface area contributed by atoms with Crippen LogP contribution in [0.1, 0.15) is 0 Å². The number of hydrogen-bond donors (Lipinski definition) is 3. The zero-order valence-corrected chi connectivity index (χ0v) is 9.04. The Morgan fingerprint density at radius 2 is 2.29 bits per heavy atom. The van der Waals surface area contributed by atoms with Crippen molar-refractivity contribution in [2.45, 2.75) is 0 Å². The fraction of sp³-hybridized carbons (Fsp3) is 0.222. The largest absolute Gasteiger partial charge is 0.395 e. The van der Waals surface area contributed by atoms with Crippen LogP contribution in [0.25, 0.3) is 0 Å². The van der Waals surface area contributed by atoms with Crippen molar-refractivity contribution in [3.05, 3.63) is 28.7 Å². The lowest BCUT2D eigenvalue weighted by Gasteiger charge is -2.06. The first-order valence-corrected chi connectivity index (χ1v) is 4.93. The van der Waals surface area contributed by atoms with Crippen molar-refractivity contribution in [1.29, 1.82) is 0 Å². The van der Waals surface area contributed by atoms with Gasteiger partial charge in [0.2, 0.25) is 0 Å². The third kappa shape index (κ3) is 3.76. The minimum atomic E-state index is -0.322. The molecule has 0 bridgehead atoms. The summed E-state index contributed by atoms with van der Waals surface area (Å²) in [5, 5.41) is 13.6. The average molecular weight is 259 g/mol. The van der Waals surface area contributed by atoms with Gasteiger partial charge in [-0.3, -0.25) is 0 Å². The first-order chi connectivity index (χ1) is 6.72. The van der Waals surface area contributed by atoms with Gasteiger partial charge in [-0.2, -0.15) is 0 Å². The summed E-state index contributed by atoms with van der Waals surface area (Å²) in [4.78, 5) is 11.1. The van der Waals surface area contributed by atoms with Crippen molar-refractivity contribution in [3.63, 3.8) is 0 Å². The maximum atomic E-state index is 11.1. The predicted octanol–water partition coefficient (Wildman–Crippen LogP) is 1.56. The van der Waals surface area contributed by atoms with Crippen LogP contribution in [-0.4, -0.2) is 24.3 Å². The molecular formula is C9H11BrN2O2. The SMILES string of the molecule is O=C(NCCO)Nc1cccc(Br)c1. The highest BCUT2D eigenvalue weighted by Gasteiger charge is 1.99. The highest BCUT2D eigenvalue weighted by molar-refractivity contribution is 9.10. The van der Waals surface area contributed by atoms with E-state index in [-0.39, 0.29) is 19.2 Å². The smallest absolute Gasteiger partial charge is 0.319 e. The Morgan fingerprint density at radius 3 is 2.93 bits per heavy atom. The lowest BCUT2D eigenvalue weighted by Crippen LogP contribution is -2.30. The summed E-state index contributed by atoms with van der Waals surface area (Å²) in [5.41, 5.74) is 0.704. The van der Waals surface area contributed by atoms with Gasteiger partial charge in [-0.1, -0.05) is 22.0 Å². The van der Waals surface area contributed by atoms with Crippen LogP contribution in [0.5, 0.6) is 0 Å². The van der Waals surface area contributed by atoms with Gasteiger partial charge in [-0.25, -0.2) is 4.79 Å². The highest BCUT2D eigenvalue weighted by Crippen LogP contribution is 2.15. The van der Waals surface area contributed by atoms with Crippen molar-refractivity contribution >= 4 is 27.6 Å². The van der Waals surface area contributed by atoms with Crippen LogP contribution in [-0.2, 0) is 0 Å². The van der Waals surface area contributed by atoms with Gasteiger partial charge in [0, 0.05) is 16.7 Å². The summed E-state index contributed by atoms with van der Waals surface area (Å²) in [6, 6.07) is 6.95. The van der Waals surface area contributed by atoms with Crippen LogP contribution in [0, 0.1) is 0 Å². The summed E-state index contributed by atoms with van der Waals surface area (Å²) in [7, 11) is 0. The van der Waals surface area contributed by atoms with E-state index >= 15 is 0 Å². The van der Waals surface area contributed by atoms with Crippen LogP contribution < -0.4 is 10.6 Å². The minimum absolute atomic E-state index is 0.0636. The van der Waals surface area contributed by atoms with E-state index < -0.39 is 0 Å². The molecular weight excluding hydrogens is 248 g/mol. The molecule has 0 fully saturated rings. The van der Waals surface area contributed by atoms with Crippen molar-refractivity contribution < 1.29 is 9.90 Å². The molecule has 76 valence electrons. The van der Waals surface area contributed by atoms with E-state index in [2.05, 4.69) is 26.6 Å². The Balaban J connectivity index is 2.47. The second-order valence-electron chi connectivity index (χ2n) is 2.61. The third-order valence-corrected chi connectivity index (χ3v) is 1.97. The van der Waals surface area contributed by atoms with Gasteiger partial charge >= 0.3 is 6.03 Å². The van der Waals surface area contributed by atoms with Crippen molar-refractivity contribution in [2.24, 2.45) is 0 Å². The lowest BCUT2D eigenvalue weighted by molar-refractivity contribution is 0.245. The normalized spacial score (nSPS) is 9.57. The van der Waals surface area contributed by atoms with E-state index in [1.807, 2.05) is 12.1 Å².